The molecule has 0 aromatic heterocycles. The summed E-state index contributed by atoms with van der Waals surface area (Å²) in [6, 6.07) is 0. The van der Waals surface area contributed by atoms with E-state index in [2.05, 4.69) is 16.4 Å². The van der Waals surface area contributed by atoms with Crippen molar-refractivity contribution >= 4 is 0 Å². The third-order valence-electron chi connectivity index (χ3n) is 1.06. The molecule has 3 N–H and O–H groups in total. The molecule has 86 valence electrons. The Balaban J connectivity index is 4.37. The minimum absolute atomic E-state index is 0.0509. The van der Waals surface area contributed by atoms with Gasteiger partial charge in [-0.3, -0.25) is 0 Å². The molecule has 0 aliphatic rings. The Morgan fingerprint density at radius 3 is 1.43 bits per heavy atom. The van der Waals surface area contributed by atoms with Crippen molar-refractivity contribution in [3.8, 4) is 0 Å². The van der Waals surface area contributed by atoms with Gasteiger partial charge in [0.1, 0.15) is 0 Å². The van der Waals surface area contributed by atoms with Crippen molar-refractivity contribution in [2.24, 2.45) is 0 Å². The zero-order valence-corrected chi connectivity index (χ0v) is 10.8. The van der Waals surface area contributed by atoms with Crippen LogP contribution in [0.5, 0.6) is 0 Å². The predicted molar refractivity (Wildman–Crippen MR) is 46.7 cm³/mol. The molecule has 0 unspecified atom stereocenters. The summed E-state index contributed by atoms with van der Waals surface area (Å²) in [4.78, 5) is 0. The molecule has 0 radical (unpaired) electrons. The van der Waals surface area contributed by atoms with Gasteiger partial charge in [-0.05, 0) is 0 Å². The second kappa shape index (κ2) is 7.69. The van der Waals surface area contributed by atoms with E-state index in [1.165, 1.54) is 0 Å². The number of hydrogen-bond donors (Lipinski definition) is 3. The Morgan fingerprint density at radius 2 is 1.21 bits per heavy atom. The van der Waals surface area contributed by atoms with Crippen LogP contribution in [0.1, 0.15) is 13.8 Å². The molecule has 0 fully saturated rings. The minimum atomic E-state index is -3.73. The van der Waals surface area contributed by atoms with Crippen molar-refractivity contribution in [1.82, 2.24) is 16.4 Å². The van der Waals surface area contributed by atoms with Crippen LogP contribution in [0.15, 0.2) is 0 Å². The van der Waals surface area contributed by atoms with Gasteiger partial charge in [-0.25, -0.2) is 0 Å². The molecule has 0 saturated heterocycles. The van der Waals surface area contributed by atoms with E-state index in [0.29, 0.717) is 0 Å². The fourth-order valence-electron chi connectivity index (χ4n) is 0.798. The molecule has 0 aromatic rings. The van der Waals surface area contributed by atoms with Gasteiger partial charge in [0.05, 0.1) is 0 Å². The molecule has 0 aliphatic carbocycles. The van der Waals surface area contributed by atoms with Crippen LogP contribution in [0.25, 0.3) is 0 Å². The Labute approximate surface area is 89.5 Å². The van der Waals surface area contributed by atoms with E-state index in [0.717, 1.165) is 0 Å². The van der Waals surface area contributed by atoms with Crippen molar-refractivity contribution in [1.29, 1.82) is 0 Å². The summed E-state index contributed by atoms with van der Waals surface area (Å²) >= 11 is -3.73. The zero-order valence-electron chi connectivity index (χ0n) is 9.21. The fraction of sp³-hybridized carbons (Fsp3) is 1.00. The van der Waals surface area contributed by atoms with Crippen molar-refractivity contribution < 1.29 is 31.7 Å². The Bertz CT molecular complexity index is 132. The van der Waals surface area contributed by atoms with Gasteiger partial charge in [-0.15, -0.1) is 0 Å². The first kappa shape index (κ1) is 14.4. The van der Waals surface area contributed by atoms with E-state index in [1.54, 1.807) is 21.1 Å². The van der Waals surface area contributed by atoms with E-state index < -0.39 is 18.1 Å². The van der Waals surface area contributed by atoms with E-state index in [9.17, 15) is 0 Å². The molecule has 7 nitrogen and oxygen atoms in total. The topological polar surface area (TPSA) is 73.0 Å². The standard InChI is InChI=1S/C3H7O.3CH4NO.Ti/c1-3(2)4;3*1-2-3;/h3H,1-2H3;3*2H,1H3;/q4*-1;+4. The van der Waals surface area contributed by atoms with Gasteiger partial charge in [0.25, 0.3) is 0 Å². The molecule has 8 heteroatoms. The van der Waals surface area contributed by atoms with Crippen molar-refractivity contribution in [3.05, 3.63) is 0 Å². The van der Waals surface area contributed by atoms with Crippen LogP contribution in [-0.2, 0) is 31.7 Å². The van der Waals surface area contributed by atoms with Crippen molar-refractivity contribution in [3.63, 3.8) is 0 Å². The molecule has 0 rings (SSSR count). The van der Waals surface area contributed by atoms with Crippen molar-refractivity contribution in [2.45, 2.75) is 20.0 Å². The summed E-state index contributed by atoms with van der Waals surface area (Å²) in [6.07, 6.45) is -0.0509. The van der Waals surface area contributed by atoms with Crippen LogP contribution < -0.4 is 16.4 Å². The summed E-state index contributed by atoms with van der Waals surface area (Å²) < 4.78 is 21.0. The maximum absolute atomic E-state index is 5.49. The first-order valence-electron chi connectivity index (χ1n) is 4.32. The number of rotatable bonds is 8. The second-order valence-corrected chi connectivity index (χ2v) is 5.47. The molecule has 0 atom stereocenters. The van der Waals surface area contributed by atoms with Gasteiger partial charge in [0, 0.05) is 0 Å². The Kier molecular flexibility index (Phi) is 7.93. The molecule has 0 bridgehead atoms. The molecule has 0 saturated carbocycles. The average molecular weight is 245 g/mol. The van der Waals surface area contributed by atoms with E-state index in [4.69, 9.17) is 13.6 Å². The first-order valence-corrected chi connectivity index (χ1v) is 6.87. The third-order valence-corrected chi connectivity index (χ3v) is 4.38. The molecule has 0 aliphatic heterocycles. The summed E-state index contributed by atoms with van der Waals surface area (Å²) in [5, 5.41) is 0. The van der Waals surface area contributed by atoms with Gasteiger partial charge in [-0.1, -0.05) is 0 Å². The third kappa shape index (κ3) is 5.35. The Morgan fingerprint density at radius 1 is 0.857 bits per heavy atom. The van der Waals surface area contributed by atoms with E-state index >= 15 is 0 Å². The molecule has 0 spiro atoms. The monoisotopic (exact) mass is 245 g/mol. The van der Waals surface area contributed by atoms with Crippen molar-refractivity contribution in [2.75, 3.05) is 21.1 Å². The number of nitrogens with one attached hydrogen (secondary N) is 3. The summed E-state index contributed by atoms with van der Waals surface area (Å²) in [5.74, 6) is 0. The summed E-state index contributed by atoms with van der Waals surface area (Å²) in [7, 11) is 4.84. The molecular formula is C6H19N3O4Ti. The van der Waals surface area contributed by atoms with Crippen LogP contribution in [0.2, 0.25) is 0 Å². The summed E-state index contributed by atoms with van der Waals surface area (Å²) in [6.45, 7) is 3.74. The van der Waals surface area contributed by atoms with Crippen LogP contribution >= 0.6 is 0 Å². The van der Waals surface area contributed by atoms with Gasteiger partial charge >= 0.3 is 89.3 Å². The first-order chi connectivity index (χ1) is 6.60. The second-order valence-electron chi connectivity index (χ2n) is 2.59. The quantitative estimate of drug-likeness (QED) is 0.399. The molecule has 0 amide bonds. The molecule has 0 heterocycles. The number of hydrogen-bond acceptors (Lipinski definition) is 7. The predicted octanol–water partition coefficient (Wildman–Crippen LogP) is -0.322. The van der Waals surface area contributed by atoms with Gasteiger partial charge in [0.15, 0.2) is 0 Å². The van der Waals surface area contributed by atoms with Crippen LogP contribution in [0, 0.1) is 0 Å². The van der Waals surface area contributed by atoms with Gasteiger partial charge < -0.3 is 0 Å². The molecule has 14 heavy (non-hydrogen) atoms. The molecular weight excluding hydrogens is 226 g/mol. The van der Waals surface area contributed by atoms with Crippen LogP contribution in [0.3, 0.4) is 0 Å². The Hall–Kier alpha value is 0.434. The van der Waals surface area contributed by atoms with Crippen LogP contribution in [0.4, 0.5) is 0 Å². The summed E-state index contributed by atoms with van der Waals surface area (Å²) in [5.41, 5.74) is 7.54. The number of hydroxylamine groups is 3. The molecule has 0 aromatic carbocycles. The van der Waals surface area contributed by atoms with E-state index in [1.807, 2.05) is 13.8 Å². The normalized spacial score (nSPS) is 12.4. The maximum atomic E-state index is 5.49. The average Bonchev–Trinajstić information content (AvgIpc) is 2.03. The fourth-order valence-corrected chi connectivity index (χ4v) is 3.29. The van der Waals surface area contributed by atoms with E-state index in [-0.39, 0.29) is 6.10 Å². The zero-order chi connectivity index (χ0) is 11.0. The SMILES string of the molecule is CN[O][Ti]([O]NC)([O]NC)[O]C(C)C. The van der Waals surface area contributed by atoms with Gasteiger partial charge in [-0.2, -0.15) is 0 Å². The van der Waals surface area contributed by atoms with Gasteiger partial charge in [0.2, 0.25) is 0 Å². The van der Waals surface area contributed by atoms with Crippen LogP contribution in [-0.4, -0.2) is 27.2 Å².